The van der Waals surface area contributed by atoms with E-state index in [1.165, 1.54) is 7.11 Å². The molecule has 104 valence electrons. The topological polar surface area (TPSA) is 93.2 Å². The number of esters is 1. The largest absolute Gasteiger partial charge is 0.463 e. The van der Waals surface area contributed by atoms with Gasteiger partial charge >= 0.3 is 12.0 Å². The second kappa shape index (κ2) is 6.62. The lowest BCUT2D eigenvalue weighted by Gasteiger charge is -2.04. The summed E-state index contributed by atoms with van der Waals surface area (Å²) in [6.07, 6.45) is 0. The zero-order valence-electron chi connectivity index (χ0n) is 10.6. The van der Waals surface area contributed by atoms with Crippen LogP contribution in [0, 0.1) is 0 Å². The highest BCUT2D eigenvalue weighted by atomic mass is 32.1. The van der Waals surface area contributed by atoms with Gasteiger partial charge in [-0.05, 0) is 5.56 Å². The molecule has 0 saturated carbocycles. The van der Waals surface area contributed by atoms with Crippen molar-refractivity contribution in [2.45, 2.75) is 6.54 Å². The SMILES string of the molecule is COC(=O)c1nsc(NC(=O)NCc2ccccc2)n1. The Morgan fingerprint density at radius 3 is 2.75 bits per heavy atom. The van der Waals surface area contributed by atoms with Crippen LogP contribution in [0.2, 0.25) is 0 Å². The number of nitrogens with one attached hydrogen (secondary N) is 2. The van der Waals surface area contributed by atoms with Crippen molar-refractivity contribution in [1.82, 2.24) is 14.7 Å². The Morgan fingerprint density at radius 2 is 2.05 bits per heavy atom. The number of nitrogens with zero attached hydrogens (tertiary/aromatic N) is 2. The summed E-state index contributed by atoms with van der Waals surface area (Å²) in [5, 5.41) is 5.40. The summed E-state index contributed by atoms with van der Waals surface area (Å²) in [5.41, 5.74) is 0.982. The standard InChI is InChI=1S/C12H12N4O3S/c1-19-10(17)9-14-12(20-16-9)15-11(18)13-7-8-5-3-2-4-6-8/h2-6H,7H2,1H3,(H2,13,14,15,16,18). The van der Waals surface area contributed by atoms with Crippen LogP contribution >= 0.6 is 11.5 Å². The number of anilines is 1. The van der Waals surface area contributed by atoms with Crippen LogP contribution in [0.4, 0.5) is 9.93 Å². The summed E-state index contributed by atoms with van der Waals surface area (Å²) >= 11 is 0.909. The van der Waals surface area contributed by atoms with Crippen LogP contribution in [0.3, 0.4) is 0 Å². The molecule has 0 spiro atoms. The zero-order chi connectivity index (χ0) is 14.4. The Bertz CT molecular complexity index is 600. The molecule has 2 N–H and O–H groups in total. The lowest BCUT2D eigenvalue weighted by molar-refractivity contribution is 0.0588. The van der Waals surface area contributed by atoms with Gasteiger partial charge in [0, 0.05) is 18.1 Å². The smallest absolute Gasteiger partial charge is 0.377 e. The summed E-state index contributed by atoms with van der Waals surface area (Å²) in [5.74, 6) is -0.713. The number of methoxy groups -OCH3 is 1. The second-order valence-electron chi connectivity index (χ2n) is 3.71. The van der Waals surface area contributed by atoms with Crippen LogP contribution in [0.1, 0.15) is 16.2 Å². The van der Waals surface area contributed by atoms with Gasteiger partial charge in [0.2, 0.25) is 5.13 Å². The molecule has 0 aliphatic heterocycles. The third-order valence-corrected chi connectivity index (χ3v) is 2.94. The average molecular weight is 292 g/mol. The van der Waals surface area contributed by atoms with Gasteiger partial charge in [-0.15, -0.1) is 0 Å². The van der Waals surface area contributed by atoms with Crippen molar-refractivity contribution in [2.24, 2.45) is 0 Å². The molecule has 0 atom stereocenters. The van der Waals surface area contributed by atoms with Gasteiger partial charge in [0.1, 0.15) is 0 Å². The molecule has 20 heavy (non-hydrogen) atoms. The van der Waals surface area contributed by atoms with Gasteiger partial charge in [0.15, 0.2) is 0 Å². The monoisotopic (exact) mass is 292 g/mol. The van der Waals surface area contributed by atoms with Crippen molar-refractivity contribution in [1.29, 1.82) is 0 Å². The first-order valence-corrected chi connectivity index (χ1v) is 6.47. The van der Waals surface area contributed by atoms with Crippen molar-refractivity contribution >= 4 is 28.7 Å². The predicted molar refractivity (Wildman–Crippen MR) is 73.5 cm³/mol. The number of ether oxygens (including phenoxy) is 1. The van der Waals surface area contributed by atoms with Gasteiger partial charge in [-0.1, -0.05) is 30.3 Å². The molecule has 2 aromatic rings. The van der Waals surface area contributed by atoms with E-state index in [2.05, 4.69) is 24.7 Å². The number of amides is 2. The van der Waals surface area contributed by atoms with Crippen molar-refractivity contribution in [3.8, 4) is 0 Å². The molecule has 1 aromatic heterocycles. The van der Waals surface area contributed by atoms with Gasteiger partial charge in [0.05, 0.1) is 7.11 Å². The van der Waals surface area contributed by atoms with E-state index in [1.807, 2.05) is 30.3 Å². The molecule has 0 aliphatic carbocycles. The summed E-state index contributed by atoms with van der Waals surface area (Å²) < 4.78 is 8.25. The van der Waals surface area contributed by atoms with Crippen LogP contribution in [-0.2, 0) is 11.3 Å². The summed E-state index contributed by atoms with van der Waals surface area (Å²) in [6.45, 7) is 0.398. The number of rotatable bonds is 4. The van der Waals surface area contributed by atoms with Gasteiger partial charge in [-0.3, -0.25) is 5.32 Å². The molecular weight excluding hydrogens is 280 g/mol. The second-order valence-corrected chi connectivity index (χ2v) is 4.46. The minimum absolute atomic E-state index is 0.0733. The number of urea groups is 1. The third kappa shape index (κ3) is 3.75. The van der Waals surface area contributed by atoms with Gasteiger partial charge in [0.25, 0.3) is 5.82 Å². The van der Waals surface area contributed by atoms with Crippen LogP contribution in [0.5, 0.6) is 0 Å². The number of carbonyl (C=O) groups is 2. The molecule has 8 heteroatoms. The molecule has 7 nitrogen and oxygen atoms in total. The van der Waals surface area contributed by atoms with E-state index in [0.29, 0.717) is 6.54 Å². The maximum absolute atomic E-state index is 11.6. The van der Waals surface area contributed by atoms with Crippen LogP contribution in [0.15, 0.2) is 30.3 Å². The minimum Gasteiger partial charge on any atom is -0.463 e. The predicted octanol–water partition coefficient (Wildman–Crippen LogP) is 1.65. The third-order valence-electron chi connectivity index (χ3n) is 2.31. The molecule has 2 rings (SSSR count). The zero-order valence-corrected chi connectivity index (χ0v) is 11.4. The normalized spacial score (nSPS) is 9.85. The lowest BCUT2D eigenvalue weighted by Crippen LogP contribution is -2.28. The van der Waals surface area contributed by atoms with Crippen molar-refractivity contribution in [2.75, 3.05) is 12.4 Å². The maximum Gasteiger partial charge on any atom is 0.377 e. The quantitative estimate of drug-likeness (QED) is 0.836. The fourth-order valence-corrected chi connectivity index (χ4v) is 1.92. The molecule has 0 aliphatic rings. The average Bonchev–Trinajstić information content (AvgIpc) is 2.94. The Morgan fingerprint density at radius 1 is 1.30 bits per heavy atom. The van der Waals surface area contributed by atoms with Gasteiger partial charge in [-0.25, -0.2) is 9.59 Å². The highest BCUT2D eigenvalue weighted by Gasteiger charge is 2.14. The van der Waals surface area contributed by atoms with Crippen LogP contribution < -0.4 is 10.6 Å². The molecular formula is C12H12N4O3S. The van der Waals surface area contributed by atoms with E-state index in [0.717, 1.165) is 17.1 Å². The Labute approximate surface area is 119 Å². The number of hydrogen-bond acceptors (Lipinski definition) is 6. The molecule has 0 bridgehead atoms. The molecule has 0 unspecified atom stereocenters. The number of benzene rings is 1. The van der Waals surface area contributed by atoms with Crippen LogP contribution in [0.25, 0.3) is 0 Å². The first kappa shape index (κ1) is 13.9. The Hall–Kier alpha value is -2.48. The van der Waals surface area contributed by atoms with Gasteiger partial charge < -0.3 is 10.1 Å². The summed E-state index contributed by atoms with van der Waals surface area (Å²) in [7, 11) is 1.24. The fraction of sp³-hybridized carbons (Fsp3) is 0.167. The minimum atomic E-state index is -0.640. The van der Waals surface area contributed by atoms with E-state index in [9.17, 15) is 9.59 Å². The van der Waals surface area contributed by atoms with E-state index < -0.39 is 12.0 Å². The highest BCUT2D eigenvalue weighted by molar-refractivity contribution is 7.10. The first-order valence-electron chi connectivity index (χ1n) is 5.70. The van der Waals surface area contributed by atoms with E-state index in [4.69, 9.17) is 0 Å². The molecule has 0 fully saturated rings. The van der Waals surface area contributed by atoms with Crippen molar-refractivity contribution < 1.29 is 14.3 Å². The molecule has 0 radical (unpaired) electrons. The van der Waals surface area contributed by atoms with E-state index in [1.54, 1.807) is 0 Å². The fourth-order valence-electron chi connectivity index (χ4n) is 1.37. The molecule has 1 aromatic carbocycles. The van der Waals surface area contributed by atoms with E-state index >= 15 is 0 Å². The van der Waals surface area contributed by atoms with Crippen molar-refractivity contribution in [3.05, 3.63) is 41.7 Å². The molecule has 2 amide bonds. The lowest BCUT2D eigenvalue weighted by atomic mass is 10.2. The number of aromatic nitrogens is 2. The summed E-state index contributed by atoms with van der Waals surface area (Å²) in [4.78, 5) is 26.6. The summed E-state index contributed by atoms with van der Waals surface area (Å²) in [6, 6.07) is 9.08. The highest BCUT2D eigenvalue weighted by Crippen LogP contribution is 2.11. The van der Waals surface area contributed by atoms with Gasteiger partial charge in [-0.2, -0.15) is 9.36 Å². The molecule has 1 heterocycles. The molecule has 0 saturated heterocycles. The Balaban J connectivity index is 1.85. The number of hydrogen-bond donors (Lipinski definition) is 2. The van der Waals surface area contributed by atoms with Crippen molar-refractivity contribution in [3.63, 3.8) is 0 Å². The number of carbonyl (C=O) groups excluding carboxylic acids is 2. The maximum atomic E-state index is 11.6. The first-order chi connectivity index (χ1) is 9.69. The van der Waals surface area contributed by atoms with Crippen LogP contribution in [-0.4, -0.2) is 28.5 Å². The Kier molecular flexibility index (Phi) is 4.61. The van der Waals surface area contributed by atoms with E-state index in [-0.39, 0.29) is 11.0 Å².